The predicted octanol–water partition coefficient (Wildman–Crippen LogP) is 2.59. The fourth-order valence-corrected chi connectivity index (χ4v) is 2.07. The van der Waals surface area contributed by atoms with E-state index < -0.39 is 0 Å². The normalized spacial score (nSPS) is 13.5. The highest BCUT2D eigenvalue weighted by Crippen LogP contribution is 2.19. The maximum atomic E-state index is 5.53. The predicted molar refractivity (Wildman–Crippen MR) is 75.0 cm³/mol. The number of thiazole rings is 1. The summed E-state index contributed by atoms with van der Waals surface area (Å²) in [4.78, 5) is 4.24. The Hall–Kier alpha value is -1.47. The van der Waals surface area contributed by atoms with E-state index >= 15 is 0 Å². The van der Waals surface area contributed by atoms with Gasteiger partial charge in [0.1, 0.15) is 5.01 Å². The molecule has 1 atom stereocenters. The number of nitrogens with one attached hydrogen (secondary N) is 2. The molecule has 0 saturated heterocycles. The third-order valence-corrected chi connectivity index (χ3v) is 3.36. The van der Waals surface area contributed by atoms with Crippen molar-refractivity contribution >= 4 is 17.4 Å². The van der Waals surface area contributed by atoms with E-state index in [0.29, 0.717) is 18.5 Å². The molecule has 0 aliphatic heterocycles. The molecule has 0 fully saturated rings. The fraction of sp³-hybridized carbons (Fsp3) is 0.583. The van der Waals surface area contributed by atoms with Crippen LogP contribution in [0.2, 0.25) is 0 Å². The Morgan fingerprint density at radius 3 is 2.79 bits per heavy atom. The molecule has 2 N–H and O–H groups in total. The first kappa shape index (κ1) is 14.0. The first-order chi connectivity index (χ1) is 8.94. The number of nitrogens with zero attached hydrogens (tertiary/aromatic N) is 3. The van der Waals surface area contributed by atoms with E-state index in [2.05, 4.69) is 46.6 Å². The van der Waals surface area contributed by atoms with Crippen molar-refractivity contribution in [3.63, 3.8) is 0 Å². The van der Waals surface area contributed by atoms with Gasteiger partial charge in [-0.25, -0.2) is 4.98 Å². The number of anilines is 1. The summed E-state index contributed by atoms with van der Waals surface area (Å²) in [5.41, 5.74) is 0.0240. The van der Waals surface area contributed by atoms with E-state index in [0.717, 1.165) is 5.01 Å². The number of rotatable bonds is 5. The van der Waals surface area contributed by atoms with Crippen LogP contribution in [-0.2, 0) is 6.54 Å². The molecule has 2 aromatic rings. The minimum absolute atomic E-state index is 0.0240. The first-order valence-electron chi connectivity index (χ1n) is 6.17. The van der Waals surface area contributed by atoms with Crippen molar-refractivity contribution < 1.29 is 4.42 Å². The fourth-order valence-electron chi connectivity index (χ4n) is 1.42. The van der Waals surface area contributed by atoms with Gasteiger partial charge in [-0.15, -0.1) is 16.4 Å². The molecule has 2 rings (SSSR count). The lowest BCUT2D eigenvalue weighted by Crippen LogP contribution is -2.35. The molecule has 1 unspecified atom stereocenters. The van der Waals surface area contributed by atoms with Gasteiger partial charge in [0.25, 0.3) is 0 Å². The van der Waals surface area contributed by atoms with Crippen LogP contribution >= 0.6 is 11.3 Å². The van der Waals surface area contributed by atoms with Crippen molar-refractivity contribution in [1.82, 2.24) is 20.5 Å². The zero-order valence-electron chi connectivity index (χ0n) is 11.6. The topological polar surface area (TPSA) is 75.9 Å². The molecule has 19 heavy (non-hydrogen) atoms. The second kappa shape index (κ2) is 5.66. The molecule has 0 bridgehead atoms. The van der Waals surface area contributed by atoms with E-state index in [9.17, 15) is 0 Å². The number of hydrogen-bond acceptors (Lipinski definition) is 7. The van der Waals surface area contributed by atoms with Gasteiger partial charge in [-0.1, -0.05) is 5.10 Å². The van der Waals surface area contributed by atoms with Crippen LogP contribution in [0.1, 0.15) is 44.6 Å². The summed E-state index contributed by atoms with van der Waals surface area (Å²) >= 11 is 1.59. The SMILES string of the molecule is CC(Nc1nnc(CNC(C)(C)C)o1)c1nccs1. The third kappa shape index (κ3) is 4.29. The van der Waals surface area contributed by atoms with Crippen molar-refractivity contribution in [2.75, 3.05) is 5.32 Å². The van der Waals surface area contributed by atoms with Gasteiger partial charge in [-0.05, 0) is 27.7 Å². The Labute approximate surface area is 116 Å². The van der Waals surface area contributed by atoms with Crippen LogP contribution in [0.3, 0.4) is 0 Å². The van der Waals surface area contributed by atoms with Gasteiger partial charge in [0.2, 0.25) is 5.89 Å². The van der Waals surface area contributed by atoms with E-state index in [1.807, 2.05) is 12.3 Å². The maximum absolute atomic E-state index is 5.53. The smallest absolute Gasteiger partial charge is 0.316 e. The molecule has 0 aliphatic rings. The van der Waals surface area contributed by atoms with Crippen molar-refractivity contribution in [3.05, 3.63) is 22.5 Å². The molecule has 0 amide bonds. The molecule has 0 saturated carbocycles. The summed E-state index contributed by atoms with van der Waals surface area (Å²) < 4.78 is 5.53. The average molecular weight is 281 g/mol. The molecular weight excluding hydrogens is 262 g/mol. The van der Waals surface area contributed by atoms with Crippen LogP contribution in [0, 0.1) is 0 Å². The quantitative estimate of drug-likeness (QED) is 0.877. The van der Waals surface area contributed by atoms with Crippen molar-refractivity contribution in [2.24, 2.45) is 0 Å². The minimum Gasteiger partial charge on any atom is -0.407 e. The van der Waals surface area contributed by atoms with Gasteiger partial charge in [-0.3, -0.25) is 0 Å². The second-order valence-electron chi connectivity index (χ2n) is 5.34. The van der Waals surface area contributed by atoms with Crippen molar-refractivity contribution in [3.8, 4) is 0 Å². The Morgan fingerprint density at radius 1 is 1.37 bits per heavy atom. The highest BCUT2D eigenvalue weighted by atomic mass is 32.1. The lowest BCUT2D eigenvalue weighted by Gasteiger charge is -2.18. The Morgan fingerprint density at radius 2 is 2.16 bits per heavy atom. The summed E-state index contributed by atoms with van der Waals surface area (Å²) in [7, 11) is 0. The summed E-state index contributed by atoms with van der Waals surface area (Å²) in [5.74, 6) is 0.573. The molecular formula is C12H19N5OS. The third-order valence-electron chi connectivity index (χ3n) is 2.40. The van der Waals surface area contributed by atoms with E-state index in [-0.39, 0.29) is 11.6 Å². The van der Waals surface area contributed by atoms with Crippen LogP contribution in [0.25, 0.3) is 0 Å². The highest BCUT2D eigenvalue weighted by Gasteiger charge is 2.14. The van der Waals surface area contributed by atoms with Crippen LogP contribution < -0.4 is 10.6 Å². The van der Waals surface area contributed by atoms with Gasteiger partial charge < -0.3 is 15.1 Å². The molecule has 2 aromatic heterocycles. The molecule has 0 spiro atoms. The molecule has 104 valence electrons. The zero-order chi connectivity index (χ0) is 13.9. The summed E-state index contributed by atoms with van der Waals surface area (Å²) in [6.45, 7) is 8.84. The second-order valence-corrected chi connectivity index (χ2v) is 6.27. The summed E-state index contributed by atoms with van der Waals surface area (Å²) in [6, 6.07) is 0.484. The summed E-state index contributed by atoms with van der Waals surface area (Å²) in [5, 5.41) is 17.3. The Bertz CT molecular complexity index is 502. The molecule has 2 heterocycles. The maximum Gasteiger partial charge on any atom is 0.316 e. The number of hydrogen-bond donors (Lipinski definition) is 2. The average Bonchev–Trinajstić information content (AvgIpc) is 2.96. The highest BCUT2D eigenvalue weighted by molar-refractivity contribution is 7.09. The van der Waals surface area contributed by atoms with Crippen LogP contribution in [-0.4, -0.2) is 20.7 Å². The van der Waals surface area contributed by atoms with Crippen LogP contribution in [0.5, 0.6) is 0 Å². The largest absolute Gasteiger partial charge is 0.407 e. The Kier molecular flexibility index (Phi) is 4.16. The van der Waals surface area contributed by atoms with Crippen LogP contribution in [0.4, 0.5) is 6.01 Å². The van der Waals surface area contributed by atoms with E-state index in [1.54, 1.807) is 17.5 Å². The first-order valence-corrected chi connectivity index (χ1v) is 7.05. The Balaban J connectivity index is 1.90. The van der Waals surface area contributed by atoms with Gasteiger partial charge in [0, 0.05) is 17.1 Å². The van der Waals surface area contributed by atoms with Crippen LogP contribution in [0.15, 0.2) is 16.0 Å². The molecule has 6 nitrogen and oxygen atoms in total. The van der Waals surface area contributed by atoms with Crippen molar-refractivity contribution in [1.29, 1.82) is 0 Å². The lowest BCUT2D eigenvalue weighted by molar-refractivity contribution is 0.383. The summed E-state index contributed by atoms with van der Waals surface area (Å²) in [6.07, 6.45) is 1.78. The molecule has 0 aliphatic carbocycles. The monoisotopic (exact) mass is 281 g/mol. The minimum atomic E-state index is 0.0240. The molecule has 0 radical (unpaired) electrons. The number of aromatic nitrogens is 3. The van der Waals surface area contributed by atoms with Crippen molar-refractivity contribution in [2.45, 2.75) is 45.8 Å². The van der Waals surface area contributed by atoms with Gasteiger partial charge >= 0.3 is 6.01 Å². The van der Waals surface area contributed by atoms with Gasteiger partial charge in [-0.2, -0.15) is 0 Å². The van der Waals surface area contributed by atoms with E-state index in [4.69, 9.17) is 4.42 Å². The van der Waals surface area contributed by atoms with E-state index in [1.165, 1.54) is 0 Å². The zero-order valence-corrected chi connectivity index (χ0v) is 12.4. The van der Waals surface area contributed by atoms with Gasteiger partial charge in [0.05, 0.1) is 12.6 Å². The molecule has 7 heteroatoms. The lowest BCUT2D eigenvalue weighted by atomic mass is 10.1. The molecule has 0 aromatic carbocycles. The van der Waals surface area contributed by atoms with Gasteiger partial charge in [0.15, 0.2) is 0 Å². The standard InChI is InChI=1S/C12H19N5OS/c1-8(10-13-5-6-19-10)15-11-17-16-9(18-11)7-14-12(2,3)4/h5-6,8,14H,7H2,1-4H3,(H,15,17).